The average molecular weight is 494 g/mol. The maximum absolute atomic E-state index is 11.5. The summed E-state index contributed by atoms with van der Waals surface area (Å²) in [6.07, 6.45) is 13.5. The van der Waals surface area contributed by atoms with Crippen LogP contribution in [-0.4, -0.2) is 17.6 Å². The number of hydrogen-bond donors (Lipinski definition) is 0. The molecule has 0 atom stereocenters. The lowest BCUT2D eigenvalue weighted by Crippen LogP contribution is -2.48. The van der Waals surface area contributed by atoms with E-state index in [9.17, 15) is 4.79 Å². The minimum Gasteiger partial charge on any atom is -0.489 e. The molecule has 190 valence electrons. The van der Waals surface area contributed by atoms with Gasteiger partial charge in [-0.3, -0.25) is 4.98 Å². The maximum atomic E-state index is 11.5. The van der Waals surface area contributed by atoms with Crippen LogP contribution < -0.4 is 4.74 Å². The number of hydrogen-bond acceptors (Lipinski definition) is 4. The molecule has 0 radical (unpaired) electrons. The van der Waals surface area contributed by atoms with Crippen molar-refractivity contribution in [3.63, 3.8) is 0 Å². The Bertz CT molecular complexity index is 1240. The molecule has 0 spiro atoms. The lowest BCUT2D eigenvalue weighted by molar-refractivity contribution is -0.137. The molecule has 4 heteroatoms. The first-order valence-electron chi connectivity index (χ1n) is 13.7. The molecule has 7 rings (SSSR count). The Morgan fingerprint density at radius 1 is 0.973 bits per heavy atom. The lowest BCUT2D eigenvalue weighted by Gasteiger charge is -2.57. The first kappa shape index (κ1) is 24.0. The van der Waals surface area contributed by atoms with Crippen molar-refractivity contribution in [1.82, 2.24) is 4.98 Å². The fourth-order valence-electron chi connectivity index (χ4n) is 7.37. The van der Waals surface area contributed by atoms with E-state index >= 15 is 0 Å². The minimum absolute atomic E-state index is 0.346. The van der Waals surface area contributed by atoms with Crippen molar-refractivity contribution in [2.45, 2.75) is 57.5 Å². The normalized spacial score (nSPS) is 25.9. The molecular weight excluding hydrogens is 458 g/mol. The monoisotopic (exact) mass is 493 g/mol. The molecule has 4 nitrogen and oxygen atoms in total. The number of pyridine rings is 1. The maximum Gasteiger partial charge on any atom is 0.330 e. The molecule has 4 bridgehead atoms. The van der Waals surface area contributed by atoms with Crippen molar-refractivity contribution in [2.24, 2.45) is 17.8 Å². The van der Waals surface area contributed by atoms with Gasteiger partial charge in [-0.05, 0) is 122 Å². The van der Waals surface area contributed by atoms with Crippen LogP contribution in [0.25, 0.3) is 17.3 Å². The van der Waals surface area contributed by atoms with Gasteiger partial charge in [0, 0.05) is 17.8 Å². The van der Waals surface area contributed by atoms with Gasteiger partial charge in [-0.2, -0.15) is 0 Å². The van der Waals surface area contributed by atoms with E-state index in [-0.39, 0.29) is 5.97 Å². The Morgan fingerprint density at radius 2 is 1.70 bits per heavy atom. The predicted octanol–water partition coefficient (Wildman–Crippen LogP) is 7.37. The van der Waals surface area contributed by atoms with Crippen molar-refractivity contribution in [1.29, 1.82) is 0 Å². The number of esters is 1. The average Bonchev–Trinajstić information content (AvgIpc) is 2.91. The molecule has 4 saturated carbocycles. The van der Waals surface area contributed by atoms with Gasteiger partial charge in [-0.25, -0.2) is 4.79 Å². The summed E-state index contributed by atoms with van der Waals surface area (Å²) in [5.41, 5.74) is 5.98. The highest BCUT2D eigenvalue weighted by Crippen LogP contribution is 2.60. The third kappa shape index (κ3) is 5.20. The smallest absolute Gasteiger partial charge is 0.330 e. The zero-order valence-electron chi connectivity index (χ0n) is 21.6. The summed E-state index contributed by atoms with van der Waals surface area (Å²) in [6.45, 7) is 2.74. The largest absolute Gasteiger partial charge is 0.489 e. The van der Waals surface area contributed by atoms with E-state index < -0.39 is 0 Å². The van der Waals surface area contributed by atoms with E-state index in [1.165, 1.54) is 50.2 Å². The zero-order valence-corrected chi connectivity index (χ0v) is 21.6. The Kier molecular flexibility index (Phi) is 6.58. The molecule has 1 aromatic heterocycles. The van der Waals surface area contributed by atoms with Crippen LogP contribution in [0, 0.1) is 17.8 Å². The van der Waals surface area contributed by atoms with Crippen molar-refractivity contribution < 1.29 is 14.3 Å². The Balaban J connectivity index is 1.08. The summed E-state index contributed by atoms with van der Waals surface area (Å²) >= 11 is 0. The molecule has 37 heavy (non-hydrogen) atoms. The Morgan fingerprint density at radius 3 is 2.35 bits per heavy atom. The minimum atomic E-state index is -0.346. The second kappa shape index (κ2) is 10.2. The van der Waals surface area contributed by atoms with Crippen LogP contribution >= 0.6 is 0 Å². The van der Waals surface area contributed by atoms with Gasteiger partial charge in [0.25, 0.3) is 0 Å². The number of aromatic nitrogens is 1. The second-order valence-electron chi connectivity index (χ2n) is 11.3. The number of rotatable bonds is 8. The summed E-state index contributed by atoms with van der Waals surface area (Å²) in [7, 11) is 0. The van der Waals surface area contributed by atoms with E-state index in [4.69, 9.17) is 9.47 Å². The van der Waals surface area contributed by atoms with Crippen molar-refractivity contribution in [3.05, 3.63) is 89.6 Å². The van der Waals surface area contributed by atoms with Gasteiger partial charge < -0.3 is 9.47 Å². The van der Waals surface area contributed by atoms with Gasteiger partial charge in [0.05, 0.1) is 12.3 Å². The molecule has 4 fully saturated rings. The highest BCUT2D eigenvalue weighted by molar-refractivity contribution is 5.87. The third-order valence-corrected chi connectivity index (χ3v) is 8.62. The van der Waals surface area contributed by atoms with Crippen LogP contribution in [0.5, 0.6) is 5.75 Å². The lowest BCUT2D eigenvalue weighted by atomic mass is 9.48. The van der Waals surface area contributed by atoms with Gasteiger partial charge >= 0.3 is 5.97 Å². The van der Waals surface area contributed by atoms with Crippen LogP contribution in [0.1, 0.15) is 62.1 Å². The van der Waals surface area contributed by atoms with Crippen LogP contribution in [-0.2, 0) is 21.6 Å². The third-order valence-electron chi connectivity index (χ3n) is 8.62. The Hall–Kier alpha value is -3.40. The number of nitrogens with zero attached hydrogens (tertiary/aromatic N) is 1. The van der Waals surface area contributed by atoms with E-state index in [2.05, 4.69) is 29.2 Å². The summed E-state index contributed by atoms with van der Waals surface area (Å²) in [5, 5.41) is 0. The molecular formula is C33H35NO3. The summed E-state index contributed by atoms with van der Waals surface area (Å²) in [5.74, 6) is 3.38. The highest BCUT2D eigenvalue weighted by atomic mass is 16.5. The highest BCUT2D eigenvalue weighted by Gasteiger charge is 2.51. The topological polar surface area (TPSA) is 48.4 Å². The number of carbonyl (C=O) groups excluding carboxylic acids is 1. The number of carbonyl (C=O) groups is 1. The van der Waals surface area contributed by atoms with Crippen LogP contribution in [0.3, 0.4) is 0 Å². The molecule has 0 unspecified atom stereocenters. The van der Waals surface area contributed by atoms with Gasteiger partial charge in [-0.15, -0.1) is 0 Å². The van der Waals surface area contributed by atoms with Crippen LogP contribution in [0.4, 0.5) is 0 Å². The quantitative estimate of drug-likeness (QED) is 0.243. The zero-order chi connectivity index (χ0) is 25.2. The number of ether oxygens (including phenoxy) is 2. The molecule has 1 heterocycles. The predicted molar refractivity (Wildman–Crippen MR) is 146 cm³/mol. The second-order valence-corrected chi connectivity index (χ2v) is 11.3. The van der Waals surface area contributed by atoms with Gasteiger partial charge in [0.2, 0.25) is 0 Å². The molecule has 2 aromatic carbocycles. The standard InChI is InChI=1S/C33H35NO3/c1-2-36-32(35)13-7-23-6-12-31(34-21-23)28-8-10-30(11-9-28)37-22-24-4-3-5-29(17-24)33-18-25-14-26(19-33)16-27(15-25)20-33/h3-13,17,21,25-27H,2,14-16,18-20,22H2,1H3/b13-7+. The van der Waals surface area contributed by atoms with E-state index in [1.807, 2.05) is 36.4 Å². The summed E-state index contributed by atoms with van der Waals surface area (Å²) in [4.78, 5) is 16.0. The van der Waals surface area contributed by atoms with Crippen molar-refractivity contribution in [3.8, 4) is 17.0 Å². The Labute approximate surface area is 219 Å². The van der Waals surface area contributed by atoms with Crippen LogP contribution in [0.2, 0.25) is 0 Å². The molecule has 0 amide bonds. The molecule has 0 aliphatic heterocycles. The first-order valence-corrected chi connectivity index (χ1v) is 13.7. The summed E-state index contributed by atoms with van der Waals surface area (Å²) < 4.78 is 11.1. The van der Waals surface area contributed by atoms with Crippen LogP contribution in [0.15, 0.2) is 72.9 Å². The van der Waals surface area contributed by atoms with Crippen molar-refractivity contribution >= 4 is 12.0 Å². The van der Waals surface area contributed by atoms with Gasteiger partial charge in [0.1, 0.15) is 12.4 Å². The number of benzene rings is 2. The first-order chi connectivity index (χ1) is 18.1. The van der Waals surface area contributed by atoms with Crippen molar-refractivity contribution in [2.75, 3.05) is 6.61 Å². The van der Waals surface area contributed by atoms with E-state index in [1.54, 1.807) is 24.8 Å². The van der Waals surface area contributed by atoms with E-state index in [0.717, 1.165) is 40.3 Å². The molecule has 0 N–H and O–H groups in total. The SMILES string of the molecule is CCOC(=O)/C=C/c1ccc(-c2ccc(OCc3cccc(C45CC6CC(CC(C6)C4)C5)c3)cc2)nc1. The fraction of sp³-hybridized carbons (Fsp3) is 0.394. The summed E-state index contributed by atoms with van der Waals surface area (Å²) in [6, 6.07) is 21.2. The van der Waals surface area contributed by atoms with E-state index in [0.29, 0.717) is 18.6 Å². The fourth-order valence-corrected chi connectivity index (χ4v) is 7.37. The molecule has 3 aromatic rings. The molecule has 4 aliphatic rings. The van der Waals surface area contributed by atoms with Gasteiger partial charge in [-0.1, -0.05) is 30.3 Å². The van der Waals surface area contributed by atoms with Gasteiger partial charge in [0.15, 0.2) is 0 Å². The molecule has 0 saturated heterocycles. The molecule has 4 aliphatic carbocycles.